The second-order valence-corrected chi connectivity index (χ2v) is 8.91. The summed E-state index contributed by atoms with van der Waals surface area (Å²) in [5.41, 5.74) is 0.608. The van der Waals surface area contributed by atoms with Gasteiger partial charge in [0.15, 0.2) is 0 Å². The van der Waals surface area contributed by atoms with Gasteiger partial charge in [-0.3, -0.25) is 14.5 Å². The molecule has 2 aliphatic heterocycles. The first-order valence-corrected chi connectivity index (χ1v) is 11.1. The van der Waals surface area contributed by atoms with Gasteiger partial charge in [0.2, 0.25) is 11.8 Å². The summed E-state index contributed by atoms with van der Waals surface area (Å²) in [5, 5.41) is 3.11. The molecule has 2 heterocycles. The predicted molar refractivity (Wildman–Crippen MR) is 117 cm³/mol. The third-order valence-corrected chi connectivity index (χ3v) is 6.51. The number of hydrogen-bond donors (Lipinski definition) is 1. The first-order chi connectivity index (χ1) is 14.3. The van der Waals surface area contributed by atoms with Crippen LogP contribution in [0.4, 0.5) is 10.1 Å². The zero-order chi connectivity index (χ0) is 21.7. The topological polar surface area (TPSA) is 55.9 Å². The van der Waals surface area contributed by atoms with Crippen LogP contribution in [-0.4, -0.2) is 73.5 Å². The molecule has 1 N–H and O–H groups in total. The second-order valence-electron chi connectivity index (χ2n) is 8.91. The van der Waals surface area contributed by atoms with Crippen molar-refractivity contribution < 1.29 is 14.0 Å². The molecule has 166 valence electrons. The van der Waals surface area contributed by atoms with Crippen molar-refractivity contribution in [3.63, 3.8) is 0 Å². The number of carbonyl (C=O) groups excluding carboxylic acids is 2. The fourth-order valence-corrected chi connectivity index (χ4v) is 4.06. The molecule has 1 atom stereocenters. The maximum absolute atomic E-state index is 14.0. The molecule has 0 saturated carbocycles. The molecule has 6 nitrogen and oxygen atoms in total. The maximum atomic E-state index is 14.0. The number of nitrogens with one attached hydrogen (secondary N) is 1. The molecule has 2 aliphatic rings. The summed E-state index contributed by atoms with van der Waals surface area (Å²) in [6.45, 7) is 10.7. The highest BCUT2D eigenvalue weighted by atomic mass is 19.1. The number of likely N-dealkylation sites (tertiary alicyclic amines) is 1. The lowest BCUT2D eigenvalue weighted by Crippen LogP contribution is -2.52. The highest BCUT2D eigenvalue weighted by molar-refractivity contribution is 5.80. The van der Waals surface area contributed by atoms with Gasteiger partial charge in [0, 0.05) is 38.1 Å². The zero-order valence-electron chi connectivity index (χ0n) is 18.4. The lowest BCUT2D eigenvalue weighted by atomic mass is 9.95. The summed E-state index contributed by atoms with van der Waals surface area (Å²) in [4.78, 5) is 31.2. The number of para-hydroxylation sites is 1. The average Bonchev–Trinajstić information content (AvgIpc) is 2.74. The van der Waals surface area contributed by atoms with Crippen molar-refractivity contribution >= 4 is 17.5 Å². The first-order valence-electron chi connectivity index (χ1n) is 11.1. The van der Waals surface area contributed by atoms with Crippen molar-refractivity contribution in [1.29, 1.82) is 0 Å². The minimum atomic E-state index is -0.216. The molecular formula is C23H35FN4O2. The monoisotopic (exact) mass is 418 g/mol. The van der Waals surface area contributed by atoms with E-state index in [2.05, 4.69) is 24.1 Å². The molecule has 2 amide bonds. The van der Waals surface area contributed by atoms with Gasteiger partial charge in [-0.15, -0.1) is 0 Å². The normalized spacial score (nSPS) is 19.8. The van der Waals surface area contributed by atoms with Crippen LogP contribution >= 0.6 is 0 Å². The van der Waals surface area contributed by atoms with Crippen molar-refractivity contribution in [2.24, 2.45) is 11.8 Å². The first kappa shape index (κ1) is 22.5. The van der Waals surface area contributed by atoms with E-state index in [1.54, 1.807) is 12.1 Å². The van der Waals surface area contributed by atoms with E-state index in [1.165, 1.54) is 6.07 Å². The molecule has 0 radical (unpaired) electrons. The van der Waals surface area contributed by atoms with Crippen LogP contribution in [0.5, 0.6) is 0 Å². The van der Waals surface area contributed by atoms with Crippen LogP contribution in [0.15, 0.2) is 24.3 Å². The molecule has 0 spiro atoms. The van der Waals surface area contributed by atoms with Gasteiger partial charge in [0.1, 0.15) is 5.82 Å². The van der Waals surface area contributed by atoms with Crippen molar-refractivity contribution in [2.75, 3.05) is 50.7 Å². The van der Waals surface area contributed by atoms with Gasteiger partial charge in [-0.2, -0.15) is 0 Å². The number of carbonyl (C=O) groups is 2. The summed E-state index contributed by atoms with van der Waals surface area (Å²) in [7, 11) is 0. The van der Waals surface area contributed by atoms with Gasteiger partial charge in [0.25, 0.3) is 0 Å². The number of hydrogen-bond acceptors (Lipinski definition) is 4. The SMILES string of the molecule is CC(C)C(C)NC(=O)C1CCN(CC(=O)N2CCN(c3ccccc3F)CC2)CC1. The van der Waals surface area contributed by atoms with Crippen LogP contribution in [0.2, 0.25) is 0 Å². The molecule has 0 aromatic heterocycles. The average molecular weight is 419 g/mol. The van der Waals surface area contributed by atoms with Crippen LogP contribution in [-0.2, 0) is 9.59 Å². The number of halogens is 1. The molecule has 30 heavy (non-hydrogen) atoms. The highest BCUT2D eigenvalue weighted by Gasteiger charge is 2.29. The number of amides is 2. The molecule has 1 unspecified atom stereocenters. The number of benzene rings is 1. The molecule has 0 aliphatic carbocycles. The van der Waals surface area contributed by atoms with Crippen molar-refractivity contribution in [3.05, 3.63) is 30.1 Å². The largest absolute Gasteiger partial charge is 0.366 e. The van der Waals surface area contributed by atoms with Crippen LogP contribution in [0, 0.1) is 17.7 Å². The fraction of sp³-hybridized carbons (Fsp3) is 0.652. The lowest BCUT2D eigenvalue weighted by Gasteiger charge is -2.38. The van der Waals surface area contributed by atoms with Crippen molar-refractivity contribution in [1.82, 2.24) is 15.1 Å². The van der Waals surface area contributed by atoms with E-state index in [4.69, 9.17) is 0 Å². The molecule has 2 saturated heterocycles. The van der Waals surface area contributed by atoms with Gasteiger partial charge in [-0.1, -0.05) is 26.0 Å². The Labute approximate surface area is 179 Å². The Morgan fingerprint density at radius 1 is 1.03 bits per heavy atom. The van der Waals surface area contributed by atoms with Gasteiger partial charge < -0.3 is 15.1 Å². The van der Waals surface area contributed by atoms with E-state index >= 15 is 0 Å². The van der Waals surface area contributed by atoms with Gasteiger partial charge in [-0.25, -0.2) is 4.39 Å². The van der Waals surface area contributed by atoms with Gasteiger partial charge in [-0.05, 0) is 50.9 Å². The number of piperidine rings is 1. The number of nitrogens with zero attached hydrogens (tertiary/aromatic N) is 3. The van der Waals surface area contributed by atoms with Crippen LogP contribution in [0.3, 0.4) is 0 Å². The maximum Gasteiger partial charge on any atom is 0.236 e. The minimum Gasteiger partial charge on any atom is -0.366 e. The second kappa shape index (κ2) is 10.2. The highest BCUT2D eigenvalue weighted by Crippen LogP contribution is 2.21. The Bertz CT molecular complexity index is 726. The molecule has 7 heteroatoms. The molecule has 1 aromatic carbocycles. The number of anilines is 1. The van der Waals surface area contributed by atoms with Crippen molar-refractivity contribution in [2.45, 2.75) is 39.7 Å². The zero-order valence-corrected chi connectivity index (χ0v) is 18.4. The van der Waals surface area contributed by atoms with E-state index in [0.717, 1.165) is 25.9 Å². The quantitative estimate of drug-likeness (QED) is 0.771. The predicted octanol–water partition coefficient (Wildman–Crippen LogP) is 2.35. The van der Waals surface area contributed by atoms with Gasteiger partial charge >= 0.3 is 0 Å². The molecular weight excluding hydrogens is 383 g/mol. The number of rotatable bonds is 6. The van der Waals surface area contributed by atoms with Crippen LogP contribution in [0.25, 0.3) is 0 Å². The summed E-state index contributed by atoms with van der Waals surface area (Å²) in [6, 6.07) is 6.97. The summed E-state index contributed by atoms with van der Waals surface area (Å²) in [5.74, 6) is 0.519. The third-order valence-electron chi connectivity index (χ3n) is 6.51. The van der Waals surface area contributed by atoms with E-state index in [1.807, 2.05) is 22.8 Å². The van der Waals surface area contributed by atoms with Crippen molar-refractivity contribution in [3.8, 4) is 0 Å². The van der Waals surface area contributed by atoms with Crippen LogP contribution in [0.1, 0.15) is 33.6 Å². The van der Waals surface area contributed by atoms with E-state index < -0.39 is 0 Å². The lowest BCUT2D eigenvalue weighted by molar-refractivity contribution is -0.133. The Balaban J connectivity index is 1.40. The Kier molecular flexibility index (Phi) is 7.69. The fourth-order valence-electron chi connectivity index (χ4n) is 4.06. The van der Waals surface area contributed by atoms with E-state index in [-0.39, 0.29) is 29.6 Å². The Hall–Kier alpha value is -2.15. The molecule has 2 fully saturated rings. The summed E-state index contributed by atoms with van der Waals surface area (Å²) in [6.07, 6.45) is 1.59. The number of piperazine rings is 1. The molecule has 3 rings (SSSR count). The third kappa shape index (κ3) is 5.72. The van der Waals surface area contributed by atoms with Crippen LogP contribution < -0.4 is 10.2 Å². The van der Waals surface area contributed by atoms with E-state index in [0.29, 0.717) is 44.3 Å². The van der Waals surface area contributed by atoms with E-state index in [9.17, 15) is 14.0 Å². The Morgan fingerprint density at radius 3 is 2.27 bits per heavy atom. The summed E-state index contributed by atoms with van der Waals surface area (Å²) >= 11 is 0. The molecule has 1 aromatic rings. The van der Waals surface area contributed by atoms with Gasteiger partial charge in [0.05, 0.1) is 12.2 Å². The summed E-state index contributed by atoms with van der Waals surface area (Å²) < 4.78 is 14.0. The Morgan fingerprint density at radius 2 is 1.67 bits per heavy atom. The minimum absolute atomic E-state index is 0.0434. The smallest absolute Gasteiger partial charge is 0.236 e. The standard InChI is InChI=1S/C23H35FN4O2/c1-17(2)18(3)25-23(30)19-8-10-26(11-9-19)16-22(29)28-14-12-27(13-15-28)21-7-5-4-6-20(21)24/h4-7,17-19H,8-16H2,1-3H3,(H,25,30). The molecule has 0 bridgehead atoms.